The normalized spacial score (nSPS) is 11.7. The number of sulfonamides is 1. The average Bonchev–Trinajstić information content (AvgIpc) is 2.91. The summed E-state index contributed by atoms with van der Waals surface area (Å²) in [6, 6.07) is 5.34. The number of rotatable bonds is 7. The molecule has 2 aromatic rings. The maximum atomic E-state index is 13.4. The molecule has 8 heteroatoms. The molecule has 0 aliphatic heterocycles. The van der Waals surface area contributed by atoms with Crippen molar-refractivity contribution in [2.24, 2.45) is 0 Å². The van der Waals surface area contributed by atoms with Crippen molar-refractivity contribution >= 4 is 33.1 Å². The Kier molecular flexibility index (Phi) is 5.53. The molecule has 1 aromatic heterocycles. The molecule has 0 fully saturated rings. The van der Waals surface area contributed by atoms with Gasteiger partial charge in [0.1, 0.15) is 15.1 Å². The molecule has 0 aliphatic carbocycles. The highest BCUT2D eigenvalue weighted by atomic mass is 32.2. The Morgan fingerprint density at radius 1 is 1.35 bits per heavy atom. The van der Waals surface area contributed by atoms with E-state index in [1.165, 1.54) is 18.2 Å². The first kappa shape index (κ1) is 15.4. The molecule has 20 heavy (non-hydrogen) atoms. The van der Waals surface area contributed by atoms with E-state index in [9.17, 15) is 12.8 Å². The Hall–Kier alpha value is -0.960. The van der Waals surface area contributed by atoms with Gasteiger partial charge >= 0.3 is 0 Å². The summed E-state index contributed by atoms with van der Waals surface area (Å²) in [6.45, 7) is 0.273. The van der Waals surface area contributed by atoms with Crippen LogP contribution < -0.4 is 4.72 Å². The molecule has 0 unspecified atom stereocenters. The molecule has 4 nitrogen and oxygen atoms in total. The summed E-state index contributed by atoms with van der Waals surface area (Å²) in [7, 11) is -3.77. The van der Waals surface area contributed by atoms with E-state index in [1.54, 1.807) is 29.3 Å². The van der Waals surface area contributed by atoms with E-state index >= 15 is 0 Å². The Morgan fingerprint density at radius 2 is 2.15 bits per heavy atom. The molecule has 0 saturated carbocycles. The van der Waals surface area contributed by atoms with Crippen LogP contribution in [0.1, 0.15) is 6.42 Å². The highest BCUT2D eigenvalue weighted by Gasteiger charge is 2.17. The maximum Gasteiger partial charge on any atom is 0.243 e. The lowest BCUT2D eigenvalue weighted by atomic mass is 10.4. The fraction of sp³-hybridized carbons (Fsp3) is 0.250. The largest absolute Gasteiger partial charge is 0.243 e. The average molecular weight is 332 g/mol. The standard InChI is InChI=1S/C12H13FN2O2S3/c13-10-4-1-2-5-11(10)20(16,17)15-6-3-8-18-12-14-7-9-19-12/h1-2,4-5,7,9,15H,3,6,8H2. The van der Waals surface area contributed by atoms with E-state index < -0.39 is 15.8 Å². The molecule has 0 amide bonds. The number of hydrogen-bond acceptors (Lipinski definition) is 5. The molecule has 2 rings (SSSR count). The third kappa shape index (κ3) is 4.27. The van der Waals surface area contributed by atoms with Gasteiger partial charge in [0.15, 0.2) is 0 Å². The fourth-order valence-electron chi connectivity index (χ4n) is 1.46. The van der Waals surface area contributed by atoms with Gasteiger partial charge in [-0.25, -0.2) is 22.5 Å². The second kappa shape index (κ2) is 7.16. The van der Waals surface area contributed by atoms with Crippen molar-refractivity contribution in [3.05, 3.63) is 41.7 Å². The number of nitrogens with one attached hydrogen (secondary N) is 1. The van der Waals surface area contributed by atoms with Crippen molar-refractivity contribution in [2.75, 3.05) is 12.3 Å². The molecule has 108 valence electrons. The molecule has 1 aromatic carbocycles. The van der Waals surface area contributed by atoms with Gasteiger partial charge in [0.2, 0.25) is 10.0 Å². The first-order valence-electron chi connectivity index (χ1n) is 5.86. The lowest BCUT2D eigenvalue weighted by Crippen LogP contribution is -2.26. The summed E-state index contributed by atoms with van der Waals surface area (Å²) >= 11 is 3.12. The third-order valence-corrected chi connectivity index (χ3v) is 5.92. The van der Waals surface area contributed by atoms with Crippen LogP contribution in [-0.4, -0.2) is 25.7 Å². The summed E-state index contributed by atoms with van der Waals surface area (Å²) in [6.07, 6.45) is 2.38. The first-order chi connectivity index (χ1) is 9.59. The Balaban J connectivity index is 1.80. The molecule has 0 radical (unpaired) electrons. The van der Waals surface area contributed by atoms with Gasteiger partial charge in [-0.15, -0.1) is 11.3 Å². The van der Waals surface area contributed by atoms with E-state index in [0.29, 0.717) is 6.42 Å². The van der Waals surface area contributed by atoms with Crippen molar-refractivity contribution in [1.29, 1.82) is 0 Å². The van der Waals surface area contributed by atoms with Crippen LogP contribution in [0.4, 0.5) is 4.39 Å². The van der Waals surface area contributed by atoms with Crippen molar-refractivity contribution in [1.82, 2.24) is 9.71 Å². The zero-order valence-electron chi connectivity index (χ0n) is 10.5. The van der Waals surface area contributed by atoms with Crippen molar-refractivity contribution in [2.45, 2.75) is 15.7 Å². The summed E-state index contributed by atoms with van der Waals surface area (Å²) in [5.74, 6) is 0.0185. The van der Waals surface area contributed by atoms with Crippen LogP contribution in [-0.2, 0) is 10.0 Å². The Bertz CT molecular complexity index is 644. The number of aromatic nitrogens is 1. The molecule has 1 heterocycles. The van der Waals surface area contributed by atoms with Crippen LogP contribution in [0, 0.1) is 5.82 Å². The van der Waals surface area contributed by atoms with Gasteiger partial charge in [0, 0.05) is 23.9 Å². The molecule has 0 bridgehead atoms. The van der Waals surface area contributed by atoms with Gasteiger partial charge in [-0.3, -0.25) is 0 Å². The van der Waals surface area contributed by atoms with E-state index in [4.69, 9.17) is 0 Å². The van der Waals surface area contributed by atoms with Crippen LogP contribution in [0.3, 0.4) is 0 Å². The number of halogens is 1. The predicted molar refractivity (Wildman–Crippen MR) is 79.0 cm³/mol. The van der Waals surface area contributed by atoms with Crippen LogP contribution >= 0.6 is 23.1 Å². The van der Waals surface area contributed by atoms with Gasteiger partial charge < -0.3 is 0 Å². The van der Waals surface area contributed by atoms with E-state index in [2.05, 4.69) is 9.71 Å². The van der Waals surface area contributed by atoms with Gasteiger partial charge in [-0.05, 0) is 18.6 Å². The summed E-state index contributed by atoms with van der Waals surface area (Å²) in [5, 5.41) is 1.89. The number of thiazole rings is 1. The lowest BCUT2D eigenvalue weighted by Gasteiger charge is -2.07. The molecule has 0 aliphatic rings. The maximum absolute atomic E-state index is 13.4. The second-order valence-corrected chi connectivity index (χ2v) is 7.80. The lowest BCUT2D eigenvalue weighted by molar-refractivity contribution is 0.557. The minimum Gasteiger partial charge on any atom is -0.238 e. The zero-order valence-corrected chi connectivity index (χ0v) is 12.9. The molecule has 0 saturated heterocycles. The van der Waals surface area contributed by atoms with Gasteiger partial charge in [-0.2, -0.15) is 0 Å². The number of hydrogen-bond donors (Lipinski definition) is 1. The summed E-state index contributed by atoms with van der Waals surface area (Å²) in [5.41, 5.74) is 0. The van der Waals surface area contributed by atoms with E-state index in [0.717, 1.165) is 16.2 Å². The summed E-state index contributed by atoms with van der Waals surface area (Å²) < 4.78 is 40.5. The van der Waals surface area contributed by atoms with Crippen LogP contribution in [0.5, 0.6) is 0 Å². The quantitative estimate of drug-likeness (QED) is 0.626. The SMILES string of the molecule is O=S(=O)(NCCCSc1nccs1)c1ccccc1F. The zero-order chi connectivity index (χ0) is 14.4. The predicted octanol–water partition coefficient (Wildman–Crippen LogP) is 2.74. The van der Waals surface area contributed by atoms with Crippen LogP contribution in [0.15, 0.2) is 45.1 Å². The fourth-order valence-corrected chi connectivity index (χ4v) is 4.26. The van der Waals surface area contributed by atoms with Crippen molar-refractivity contribution < 1.29 is 12.8 Å². The third-order valence-electron chi connectivity index (χ3n) is 2.37. The van der Waals surface area contributed by atoms with E-state index in [-0.39, 0.29) is 11.4 Å². The minimum atomic E-state index is -3.77. The summed E-state index contributed by atoms with van der Waals surface area (Å²) in [4.78, 5) is 3.80. The molecular weight excluding hydrogens is 319 g/mol. The van der Waals surface area contributed by atoms with Crippen molar-refractivity contribution in [3.63, 3.8) is 0 Å². The minimum absolute atomic E-state index is 0.273. The highest BCUT2D eigenvalue weighted by molar-refractivity contribution is 8.01. The number of nitrogens with zero attached hydrogens (tertiary/aromatic N) is 1. The number of benzene rings is 1. The second-order valence-electron chi connectivity index (χ2n) is 3.83. The van der Waals surface area contributed by atoms with Gasteiger partial charge in [0.05, 0.1) is 0 Å². The van der Waals surface area contributed by atoms with Gasteiger partial charge in [0.25, 0.3) is 0 Å². The van der Waals surface area contributed by atoms with Crippen LogP contribution in [0.25, 0.3) is 0 Å². The first-order valence-corrected chi connectivity index (χ1v) is 9.21. The Morgan fingerprint density at radius 3 is 2.85 bits per heavy atom. The Labute approximate surface area is 125 Å². The number of thioether (sulfide) groups is 1. The molecule has 1 N–H and O–H groups in total. The molecule has 0 atom stereocenters. The van der Waals surface area contributed by atoms with Gasteiger partial charge in [-0.1, -0.05) is 23.9 Å². The molecular formula is C12H13FN2O2S3. The molecule has 0 spiro atoms. The highest BCUT2D eigenvalue weighted by Crippen LogP contribution is 2.20. The van der Waals surface area contributed by atoms with Crippen LogP contribution in [0.2, 0.25) is 0 Å². The monoisotopic (exact) mass is 332 g/mol. The van der Waals surface area contributed by atoms with E-state index in [1.807, 2.05) is 5.38 Å². The van der Waals surface area contributed by atoms with Crippen molar-refractivity contribution in [3.8, 4) is 0 Å². The smallest absolute Gasteiger partial charge is 0.238 e. The topological polar surface area (TPSA) is 59.1 Å².